The van der Waals surface area contributed by atoms with E-state index in [1.54, 1.807) is 12.1 Å². The number of aryl methyl sites for hydroxylation is 1. The molecule has 0 aromatic heterocycles. The first-order valence-electron chi connectivity index (χ1n) is 9.35. The van der Waals surface area contributed by atoms with Crippen molar-refractivity contribution in [3.8, 4) is 5.75 Å². The topological polar surface area (TPSA) is 9.23 Å². The Kier molecular flexibility index (Phi) is 9.54. The smallest absolute Gasteiger partial charge is 0.433 e. The molecule has 6 heteroatoms. The maximum Gasteiger partial charge on any atom is 1.00 e. The van der Waals surface area contributed by atoms with E-state index in [0.29, 0.717) is 11.5 Å². The maximum atomic E-state index is 14.2. The Labute approximate surface area is 218 Å². The number of benzene rings is 2. The molecule has 0 radical (unpaired) electrons. The second-order valence-electron chi connectivity index (χ2n) is 7.40. The average molecular weight is 481 g/mol. The van der Waals surface area contributed by atoms with Crippen molar-refractivity contribution >= 4 is 11.6 Å². The molecule has 28 heavy (non-hydrogen) atoms. The van der Waals surface area contributed by atoms with Crippen molar-refractivity contribution in [2.24, 2.45) is 5.92 Å². The van der Waals surface area contributed by atoms with E-state index in [-0.39, 0.29) is 75.4 Å². The van der Waals surface area contributed by atoms with Crippen LogP contribution in [0.4, 0.5) is 13.2 Å². The van der Waals surface area contributed by atoms with Crippen molar-refractivity contribution < 1.29 is 76.1 Å². The van der Waals surface area contributed by atoms with Crippen LogP contribution >= 0.6 is 11.6 Å². The molecule has 2 aromatic rings. The summed E-state index contributed by atoms with van der Waals surface area (Å²) < 4.78 is 46.5. The molecule has 0 unspecified atom stereocenters. The fourth-order valence-corrected chi connectivity index (χ4v) is 3.80. The molecule has 0 amide bonds. The molecule has 0 saturated heterocycles. The average Bonchev–Trinajstić information content (AvgIpc) is 2.64. The summed E-state index contributed by atoms with van der Waals surface area (Å²) in [6, 6.07) is 12.1. The van der Waals surface area contributed by atoms with Crippen molar-refractivity contribution in [3.63, 3.8) is 0 Å². The molecule has 0 spiro atoms. The standard InChI is InChI=1S/C22H23ClF3O.Rb/c1-15-5-7-16(8-6-15)17-9-11-19(12-10-17)27-22(25,26)14-13-18-3-2-4-20(24)21(18)23;/h2-3,9-12,15-16H,5-8,13-14H2,1H3;/q-1;+1. The normalized spacial score (nSPS) is 19.8. The zero-order valence-corrected chi connectivity index (χ0v) is 22.0. The third-order valence-corrected chi connectivity index (χ3v) is 5.70. The predicted octanol–water partition coefficient (Wildman–Crippen LogP) is 4.18. The van der Waals surface area contributed by atoms with Gasteiger partial charge in [-0.2, -0.15) is 32.5 Å². The van der Waals surface area contributed by atoms with E-state index in [4.69, 9.17) is 16.3 Å². The monoisotopic (exact) mass is 480 g/mol. The van der Waals surface area contributed by atoms with E-state index in [1.807, 2.05) is 12.1 Å². The van der Waals surface area contributed by atoms with Gasteiger partial charge in [0, 0.05) is 5.82 Å². The quantitative estimate of drug-likeness (QED) is 0.563. The Balaban J connectivity index is 0.00000280. The van der Waals surface area contributed by atoms with Gasteiger partial charge in [0.15, 0.2) is 0 Å². The van der Waals surface area contributed by atoms with Gasteiger partial charge in [-0.25, -0.2) is 4.39 Å². The molecule has 0 heterocycles. The Morgan fingerprint density at radius 3 is 2.39 bits per heavy atom. The zero-order valence-electron chi connectivity index (χ0n) is 16.3. The van der Waals surface area contributed by atoms with Crippen molar-refractivity contribution in [3.05, 3.63) is 64.4 Å². The molecule has 0 N–H and O–H groups in total. The summed E-state index contributed by atoms with van der Waals surface area (Å²) in [6.07, 6.45) is 0.671. The van der Waals surface area contributed by atoms with Crippen LogP contribution in [-0.4, -0.2) is 6.11 Å². The van der Waals surface area contributed by atoms with Gasteiger partial charge in [0.2, 0.25) is 0 Å². The minimum Gasteiger partial charge on any atom is -0.433 e. The van der Waals surface area contributed by atoms with E-state index in [0.717, 1.165) is 18.8 Å². The van der Waals surface area contributed by atoms with Crippen molar-refractivity contribution in [1.82, 2.24) is 0 Å². The van der Waals surface area contributed by atoms with Crippen LogP contribution in [0.15, 0.2) is 36.4 Å². The summed E-state index contributed by atoms with van der Waals surface area (Å²) in [5.74, 6) is 0.674. The van der Waals surface area contributed by atoms with E-state index >= 15 is 0 Å². The van der Waals surface area contributed by atoms with E-state index < -0.39 is 18.3 Å². The summed E-state index contributed by atoms with van der Waals surface area (Å²) >= 11 is 5.79. The number of hydrogen-bond acceptors (Lipinski definition) is 1. The van der Waals surface area contributed by atoms with Crippen molar-refractivity contribution in [2.75, 3.05) is 0 Å². The molecular formula is C22H23ClF3ORb. The molecule has 1 aliphatic carbocycles. The number of hydrogen-bond donors (Lipinski definition) is 0. The van der Waals surface area contributed by atoms with Crippen LogP contribution in [0, 0.1) is 17.8 Å². The van der Waals surface area contributed by atoms with Gasteiger partial charge in [-0.05, 0) is 53.8 Å². The molecule has 0 aliphatic heterocycles. The van der Waals surface area contributed by atoms with Gasteiger partial charge >= 0.3 is 64.3 Å². The van der Waals surface area contributed by atoms with Crippen molar-refractivity contribution in [1.29, 1.82) is 0 Å². The Hall–Kier alpha value is 0.125. The first-order valence-corrected chi connectivity index (χ1v) is 9.73. The molecule has 146 valence electrons. The second kappa shape index (κ2) is 10.9. The molecular weight excluding hydrogens is 458 g/mol. The number of halogens is 4. The fraction of sp³-hybridized carbons (Fsp3) is 0.455. The van der Waals surface area contributed by atoms with E-state index in [1.165, 1.54) is 30.5 Å². The van der Waals surface area contributed by atoms with E-state index in [2.05, 4.69) is 13.0 Å². The molecule has 2 aromatic carbocycles. The van der Waals surface area contributed by atoms with Gasteiger partial charge < -0.3 is 4.74 Å². The number of alkyl halides is 2. The Morgan fingerprint density at radius 1 is 1.11 bits per heavy atom. The Morgan fingerprint density at radius 2 is 1.75 bits per heavy atom. The largest absolute Gasteiger partial charge is 1.00 e. The minimum absolute atomic E-state index is 0. The van der Waals surface area contributed by atoms with E-state index in [9.17, 15) is 13.2 Å². The third-order valence-electron chi connectivity index (χ3n) is 5.29. The van der Waals surface area contributed by atoms with Gasteiger partial charge in [-0.15, -0.1) is 11.6 Å². The SMILES string of the molecule is CC1CCC(c2ccc(OC(F)(F)CCc3cc[c-]c(F)c3Cl)cc2)CC1.[Rb+]. The van der Waals surface area contributed by atoms with Crippen LogP contribution in [0.5, 0.6) is 5.75 Å². The molecule has 3 rings (SSSR count). The van der Waals surface area contributed by atoms with Gasteiger partial charge in [0.25, 0.3) is 0 Å². The van der Waals surface area contributed by atoms with Gasteiger partial charge in [-0.3, -0.25) is 0 Å². The summed E-state index contributed by atoms with van der Waals surface area (Å²) in [6.45, 7) is 2.27. The van der Waals surface area contributed by atoms with Gasteiger partial charge in [-0.1, -0.05) is 31.9 Å². The number of rotatable bonds is 6. The van der Waals surface area contributed by atoms with Gasteiger partial charge in [0.1, 0.15) is 5.75 Å². The molecule has 0 bridgehead atoms. The summed E-state index contributed by atoms with van der Waals surface area (Å²) in [5.41, 5.74) is 1.50. The van der Waals surface area contributed by atoms with Crippen LogP contribution in [0.25, 0.3) is 0 Å². The molecule has 1 saturated carbocycles. The molecule has 1 fully saturated rings. The predicted molar refractivity (Wildman–Crippen MR) is 101 cm³/mol. The minimum atomic E-state index is -3.36. The fourth-order valence-electron chi connectivity index (χ4n) is 3.59. The zero-order chi connectivity index (χ0) is 19.4. The van der Waals surface area contributed by atoms with Crippen LogP contribution in [0.3, 0.4) is 0 Å². The summed E-state index contributed by atoms with van der Waals surface area (Å²) in [5, 5.41) is -0.167. The van der Waals surface area contributed by atoms with Gasteiger partial charge in [0.05, 0.1) is 6.42 Å². The van der Waals surface area contributed by atoms with Crippen LogP contribution in [0.2, 0.25) is 5.02 Å². The third kappa shape index (κ3) is 6.83. The van der Waals surface area contributed by atoms with Crippen molar-refractivity contribution in [2.45, 2.75) is 57.5 Å². The maximum absolute atomic E-state index is 14.2. The first-order chi connectivity index (χ1) is 12.8. The first kappa shape index (κ1) is 24.4. The second-order valence-corrected chi connectivity index (χ2v) is 7.77. The number of ether oxygens (including phenoxy) is 1. The summed E-state index contributed by atoms with van der Waals surface area (Å²) in [4.78, 5) is 0. The van der Waals surface area contributed by atoms with Crippen LogP contribution < -0.4 is 62.9 Å². The summed E-state index contributed by atoms with van der Waals surface area (Å²) in [7, 11) is 0. The molecule has 1 aliphatic rings. The Bertz CT molecular complexity index is 759. The molecule has 0 atom stereocenters. The van der Waals surface area contributed by atoms with Crippen LogP contribution in [-0.2, 0) is 6.42 Å². The molecule has 1 nitrogen and oxygen atoms in total. The van der Waals surface area contributed by atoms with Crippen LogP contribution in [0.1, 0.15) is 56.1 Å².